The number of benzene rings is 3. The Morgan fingerprint density at radius 2 is 1.64 bits per heavy atom. The van der Waals surface area contributed by atoms with Crippen LogP contribution in [-0.2, 0) is 4.74 Å². The second-order valence-electron chi connectivity index (χ2n) is 6.18. The molecule has 0 radical (unpaired) electrons. The zero-order valence-corrected chi connectivity index (χ0v) is 15.6. The molecular formula is C22H18O2Se. The molecule has 0 unspecified atom stereocenters. The van der Waals surface area contributed by atoms with Gasteiger partial charge in [-0.15, -0.1) is 0 Å². The molecule has 1 aliphatic heterocycles. The Morgan fingerprint density at radius 3 is 2.44 bits per heavy atom. The number of hydrogen-bond acceptors (Lipinski definition) is 2. The van der Waals surface area contributed by atoms with Crippen molar-refractivity contribution in [1.82, 2.24) is 0 Å². The van der Waals surface area contributed by atoms with E-state index in [2.05, 4.69) is 55.5 Å². The molecule has 2 nitrogen and oxygen atoms in total. The molecule has 2 atom stereocenters. The summed E-state index contributed by atoms with van der Waals surface area (Å²) in [5.74, 6) is -0.220. The van der Waals surface area contributed by atoms with Crippen LogP contribution in [0.5, 0.6) is 0 Å². The van der Waals surface area contributed by atoms with Crippen LogP contribution < -0.4 is 4.46 Å². The number of hydrogen-bond donors (Lipinski definition) is 0. The SMILES string of the molecule is Cc1cccc([C@@H]2OC(=O)c3ccccc3[C@H]2[Se]c2ccccc2)c1. The number of carbonyl (C=O) groups excluding carboxylic acids is 1. The molecule has 0 bridgehead atoms. The fourth-order valence-electron chi connectivity index (χ4n) is 3.20. The van der Waals surface area contributed by atoms with E-state index in [0.717, 1.165) is 11.1 Å². The van der Waals surface area contributed by atoms with Crippen molar-refractivity contribution in [2.75, 3.05) is 0 Å². The predicted molar refractivity (Wildman–Crippen MR) is 100 cm³/mol. The number of fused-ring (bicyclic) bond motifs is 1. The molecule has 0 saturated carbocycles. The molecule has 0 saturated heterocycles. The van der Waals surface area contributed by atoms with Crippen molar-refractivity contribution < 1.29 is 9.53 Å². The van der Waals surface area contributed by atoms with Gasteiger partial charge in [0, 0.05) is 0 Å². The standard InChI is InChI=1S/C22H18O2Se/c1-15-8-7-9-16(14-15)20-21(25-17-10-3-2-4-11-17)18-12-5-6-13-19(18)22(23)24-20/h2-14,20-21H,1H3/t20-,21+/m0/s1. The molecule has 3 heteroatoms. The van der Waals surface area contributed by atoms with Gasteiger partial charge in [0.15, 0.2) is 0 Å². The van der Waals surface area contributed by atoms with E-state index >= 15 is 0 Å². The molecule has 0 aromatic heterocycles. The van der Waals surface area contributed by atoms with Crippen LogP contribution in [0.3, 0.4) is 0 Å². The van der Waals surface area contributed by atoms with Crippen LogP contribution in [0.25, 0.3) is 0 Å². The van der Waals surface area contributed by atoms with Crippen molar-refractivity contribution >= 4 is 25.4 Å². The van der Waals surface area contributed by atoms with E-state index in [1.54, 1.807) is 0 Å². The first kappa shape index (κ1) is 16.1. The topological polar surface area (TPSA) is 26.3 Å². The molecule has 0 fully saturated rings. The molecule has 1 aliphatic rings. The first-order valence-corrected chi connectivity index (χ1v) is 10.1. The Kier molecular flexibility index (Phi) is 4.44. The minimum absolute atomic E-state index is 0.159. The second kappa shape index (κ2) is 6.87. The third-order valence-corrected chi connectivity index (χ3v) is 7.10. The van der Waals surface area contributed by atoms with Crippen LogP contribution in [0, 0.1) is 6.92 Å². The van der Waals surface area contributed by atoms with Crippen molar-refractivity contribution in [1.29, 1.82) is 0 Å². The Balaban J connectivity index is 1.80. The van der Waals surface area contributed by atoms with Gasteiger partial charge in [-0.25, -0.2) is 0 Å². The predicted octanol–water partition coefficient (Wildman–Crippen LogP) is 3.98. The molecule has 1 heterocycles. The van der Waals surface area contributed by atoms with E-state index < -0.39 is 0 Å². The van der Waals surface area contributed by atoms with Gasteiger partial charge < -0.3 is 0 Å². The summed E-state index contributed by atoms with van der Waals surface area (Å²) >= 11 is 0.159. The Hall–Kier alpha value is -2.35. The zero-order valence-electron chi connectivity index (χ0n) is 13.9. The molecule has 25 heavy (non-hydrogen) atoms. The van der Waals surface area contributed by atoms with Crippen LogP contribution in [-0.4, -0.2) is 20.9 Å². The average Bonchev–Trinajstić information content (AvgIpc) is 2.65. The van der Waals surface area contributed by atoms with Crippen LogP contribution >= 0.6 is 0 Å². The van der Waals surface area contributed by atoms with Crippen molar-refractivity contribution in [3.63, 3.8) is 0 Å². The Morgan fingerprint density at radius 1 is 0.880 bits per heavy atom. The number of aryl methyl sites for hydroxylation is 1. The molecule has 0 spiro atoms. The van der Waals surface area contributed by atoms with Crippen molar-refractivity contribution in [3.8, 4) is 0 Å². The number of rotatable bonds is 3. The van der Waals surface area contributed by atoms with Gasteiger partial charge in [-0.1, -0.05) is 0 Å². The van der Waals surface area contributed by atoms with Gasteiger partial charge in [-0.05, 0) is 0 Å². The van der Waals surface area contributed by atoms with E-state index in [1.807, 2.05) is 30.3 Å². The first-order chi connectivity index (χ1) is 12.2. The van der Waals surface area contributed by atoms with Gasteiger partial charge in [0.1, 0.15) is 0 Å². The second-order valence-corrected chi connectivity index (χ2v) is 8.73. The van der Waals surface area contributed by atoms with E-state index in [0.29, 0.717) is 5.56 Å². The first-order valence-electron chi connectivity index (χ1n) is 8.30. The molecule has 3 aromatic carbocycles. The summed E-state index contributed by atoms with van der Waals surface area (Å²) in [6.07, 6.45) is -0.234. The van der Waals surface area contributed by atoms with Crippen LogP contribution in [0.2, 0.25) is 0 Å². The maximum atomic E-state index is 12.5. The molecular weight excluding hydrogens is 375 g/mol. The van der Waals surface area contributed by atoms with Gasteiger partial charge in [0.05, 0.1) is 0 Å². The third-order valence-electron chi connectivity index (χ3n) is 4.37. The zero-order chi connectivity index (χ0) is 17.2. The van der Waals surface area contributed by atoms with Gasteiger partial charge >= 0.3 is 154 Å². The minimum atomic E-state index is -0.234. The van der Waals surface area contributed by atoms with Crippen LogP contribution in [0.1, 0.15) is 38.0 Å². The number of carbonyl (C=O) groups is 1. The Labute approximate surface area is 154 Å². The van der Waals surface area contributed by atoms with E-state index in [-0.39, 0.29) is 31.8 Å². The maximum absolute atomic E-state index is 12.5. The monoisotopic (exact) mass is 394 g/mol. The van der Waals surface area contributed by atoms with Gasteiger partial charge in [-0.3, -0.25) is 0 Å². The normalized spacial score (nSPS) is 19.2. The fourth-order valence-corrected chi connectivity index (χ4v) is 5.87. The summed E-state index contributed by atoms with van der Waals surface area (Å²) in [5.41, 5.74) is 4.06. The van der Waals surface area contributed by atoms with Crippen molar-refractivity contribution in [2.24, 2.45) is 0 Å². The molecule has 124 valence electrons. The fraction of sp³-hybridized carbons (Fsp3) is 0.136. The quantitative estimate of drug-likeness (QED) is 0.497. The summed E-state index contributed by atoms with van der Waals surface area (Å²) < 4.78 is 7.23. The summed E-state index contributed by atoms with van der Waals surface area (Å²) in [6, 6.07) is 26.6. The molecule has 0 amide bonds. The molecule has 4 rings (SSSR count). The molecule has 0 N–H and O–H groups in total. The third kappa shape index (κ3) is 3.26. The number of cyclic esters (lactones) is 1. The van der Waals surface area contributed by atoms with E-state index in [4.69, 9.17) is 4.74 Å². The van der Waals surface area contributed by atoms with Crippen LogP contribution in [0.15, 0.2) is 78.9 Å². The summed E-state index contributed by atoms with van der Waals surface area (Å²) in [6.45, 7) is 2.07. The molecule has 3 aromatic rings. The van der Waals surface area contributed by atoms with Gasteiger partial charge in [-0.2, -0.15) is 0 Å². The van der Waals surface area contributed by atoms with E-state index in [9.17, 15) is 4.79 Å². The summed E-state index contributed by atoms with van der Waals surface area (Å²) in [7, 11) is 0. The van der Waals surface area contributed by atoms with Gasteiger partial charge in [0.25, 0.3) is 0 Å². The number of esters is 1. The summed E-state index contributed by atoms with van der Waals surface area (Å²) in [4.78, 5) is 12.7. The van der Waals surface area contributed by atoms with Crippen molar-refractivity contribution in [3.05, 3.63) is 101 Å². The Bertz CT molecular complexity index is 905. The van der Waals surface area contributed by atoms with Crippen LogP contribution in [0.4, 0.5) is 0 Å². The van der Waals surface area contributed by atoms with E-state index in [1.165, 1.54) is 10.0 Å². The average molecular weight is 393 g/mol. The molecule has 0 aliphatic carbocycles. The summed E-state index contributed by atoms with van der Waals surface area (Å²) in [5, 5.41) is 0. The van der Waals surface area contributed by atoms with Gasteiger partial charge in [0.2, 0.25) is 0 Å². The number of ether oxygens (including phenoxy) is 1. The van der Waals surface area contributed by atoms with Crippen molar-refractivity contribution in [2.45, 2.75) is 17.8 Å².